The molecule has 1 aromatic heterocycles. The van der Waals surface area contributed by atoms with Crippen LogP contribution in [0, 0.1) is 0 Å². The number of para-hydroxylation sites is 2. The molecule has 0 N–H and O–H groups in total. The fourth-order valence-corrected chi connectivity index (χ4v) is 8.33. The second-order valence-corrected chi connectivity index (χ2v) is 12.5. The minimum Gasteiger partial charge on any atom is -0.309 e. The Labute approximate surface area is 243 Å². The normalized spacial score (nSPS) is 14.1. The Morgan fingerprint density at radius 1 is 0.429 bits per heavy atom. The van der Waals surface area contributed by atoms with Crippen molar-refractivity contribution in [1.82, 2.24) is 4.57 Å². The molecule has 0 saturated carbocycles. The molecule has 0 bridgehead atoms. The average Bonchev–Trinajstić information content (AvgIpc) is 3.49. The quantitative estimate of drug-likeness (QED) is 0.146. The van der Waals surface area contributed by atoms with Crippen molar-refractivity contribution in [2.24, 2.45) is 0 Å². The van der Waals surface area contributed by atoms with E-state index in [1.54, 1.807) is 0 Å². The van der Waals surface area contributed by atoms with Crippen molar-refractivity contribution < 1.29 is 0 Å². The Morgan fingerprint density at radius 3 is 1.88 bits per heavy atom. The van der Waals surface area contributed by atoms with E-state index in [0.717, 1.165) is 0 Å². The number of hydrogen-bond donors (Lipinski definition) is 0. The van der Waals surface area contributed by atoms with Crippen molar-refractivity contribution >= 4 is 64.9 Å². The van der Waals surface area contributed by atoms with Gasteiger partial charge in [-0.25, -0.2) is 0 Å². The van der Waals surface area contributed by atoms with Gasteiger partial charge in [-0.05, 0) is 95.7 Å². The summed E-state index contributed by atoms with van der Waals surface area (Å²) in [7, 11) is 0. The first-order chi connectivity index (χ1) is 20.6. The van der Waals surface area contributed by atoms with Crippen LogP contribution in [0.5, 0.6) is 0 Å². The third kappa shape index (κ3) is 2.56. The lowest BCUT2D eigenvalue weighted by Crippen LogP contribution is -2.14. The first-order valence-electron chi connectivity index (χ1n) is 14.9. The Kier molecular flexibility index (Phi) is 4.06. The van der Waals surface area contributed by atoms with Gasteiger partial charge in [0.05, 0.1) is 11.0 Å². The standard InChI is InChI=1S/C41H27N/c1-41(2)33-20-8-6-14-27(33)39-29-18-10-16-25-26-17-11-19-30-38(26)32(31(37(25)29)22-34(39)41)23-36-40(30)28-15-7-9-21-35(28)42(36)24-12-4-3-5-13-24/h3-23H,1-2H3. The van der Waals surface area contributed by atoms with Gasteiger partial charge in [0.15, 0.2) is 0 Å². The van der Waals surface area contributed by atoms with Crippen molar-refractivity contribution in [1.29, 1.82) is 0 Å². The summed E-state index contributed by atoms with van der Waals surface area (Å²) in [6, 6.07) is 47.6. The molecule has 0 radical (unpaired) electrons. The fraction of sp³-hybridized carbons (Fsp3) is 0.0732. The molecule has 42 heavy (non-hydrogen) atoms. The van der Waals surface area contributed by atoms with Crippen LogP contribution in [0.1, 0.15) is 25.0 Å². The van der Waals surface area contributed by atoms with E-state index in [9.17, 15) is 0 Å². The van der Waals surface area contributed by atoms with Gasteiger partial charge in [0.25, 0.3) is 0 Å². The first kappa shape index (κ1) is 22.5. The molecule has 1 aliphatic rings. The van der Waals surface area contributed by atoms with E-state index in [0.29, 0.717) is 0 Å². The molecule has 8 aromatic carbocycles. The molecule has 0 aliphatic heterocycles. The largest absolute Gasteiger partial charge is 0.309 e. The van der Waals surface area contributed by atoms with Crippen LogP contribution in [0.15, 0.2) is 127 Å². The van der Waals surface area contributed by atoms with Crippen molar-refractivity contribution in [2.75, 3.05) is 0 Å². The maximum Gasteiger partial charge on any atom is 0.0553 e. The molecule has 196 valence electrons. The van der Waals surface area contributed by atoms with Crippen molar-refractivity contribution in [3.05, 3.63) is 139 Å². The molecule has 0 atom stereocenters. The number of rotatable bonds is 1. The van der Waals surface area contributed by atoms with E-state index >= 15 is 0 Å². The number of benzene rings is 8. The molecule has 1 heterocycles. The monoisotopic (exact) mass is 533 g/mol. The van der Waals surface area contributed by atoms with Crippen LogP contribution in [0.4, 0.5) is 0 Å². The maximum absolute atomic E-state index is 2.53. The van der Waals surface area contributed by atoms with E-state index in [1.807, 2.05) is 0 Å². The highest BCUT2D eigenvalue weighted by atomic mass is 15.0. The van der Waals surface area contributed by atoms with Crippen LogP contribution in [0.25, 0.3) is 81.7 Å². The highest BCUT2D eigenvalue weighted by Crippen LogP contribution is 2.55. The Morgan fingerprint density at radius 2 is 1.05 bits per heavy atom. The summed E-state index contributed by atoms with van der Waals surface area (Å²) in [6.07, 6.45) is 0. The molecule has 0 fully saturated rings. The number of aromatic nitrogens is 1. The summed E-state index contributed by atoms with van der Waals surface area (Å²) in [5.41, 5.74) is 9.28. The summed E-state index contributed by atoms with van der Waals surface area (Å²) >= 11 is 0. The Balaban J connectivity index is 1.49. The topological polar surface area (TPSA) is 4.93 Å². The first-order valence-corrected chi connectivity index (χ1v) is 14.9. The summed E-state index contributed by atoms with van der Waals surface area (Å²) < 4.78 is 2.46. The van der Waals surface area contributed by atoms with Gasteiger partial charge in [0, 0.05) is 21.9 Å². The van der Waals surface area contributed by atoms with Gasteiger partial charge in [-0.15, -0.1) is 0 Å². The van der Waals surface area contributed by atoms with Crippen LogP contribution in [-0.4, -0.2) is 4.57 Å². The highest BCUT2D eigenvalue weighted by molar-refractivity contribution is 6.39. The second-order valence-electron chi connectivity index (χ2n) is 12.5. The molecule has 0 unspecified atom stereocenters. The predicted molar refractivity (Wildman–Crippen MR) is 180 cm³/mol. The third-order valence-corrected chi connectivity index (χ3v) is 10.1. The minimum atomic E-state index is -0.0638. The van der Waals surface area contributed by atoms with Gasteiger partial charge in [-0.1, -0.05) is 111 Å². The lowest BCUT2D eigenvalue weighted by molar-refractivity contribution is 0.661. The van der Waals surface area contributed by atoms with Crippen LogP contribution in [0.3, 0.4) is 0 Å². The second kappa shape index (κ2) is 7.57. The van der Waals surface area contributed by atoms with E-state index in [2.05, 4.69) is 146 Å². The van der Waals surface area contributed by atoms with Gasteiger partial charge in [0.2, 0.25) is 0 Å². The SMILES string of the molecule is CC1(C)c2ccccc2-c2c1cc1c3cc4c(c5cccc(c6cccc2c61)c35)c1ccccc1n4-c1ccccc1. The van der Waals surface area contributed by atoms with Gasteiger partial charge in [-0.2, -0.15) is 0 Å². The molecule has 9 aromatic rings. The molecule has 10 rings (SSSR count). The number of hydrogen-bond acceptors (Lipinski definition) is 0. The van der Waals surface area contributed by atoms with Gasteiger partial charge < -0.3 is 4.57 Å². The van der Waals surface area contributed by atoms with Crippen molar-refractivity contribution in [3.63, 3.8) is 0 Å². The van der Waals surface area contributed by atoms with Crippen molar-refractivity contribution in [3.8, 4) is 16.8 Å². The lowest BCUT2D eigenvalue weighted by atomic mass is 9.80. The maximum atomic E-state index is 2.53. The van der Waals surface area contributed by atoms with E-state index < -0.39 is 0 Å². The summed E-state index contributed by atoms with van der Waals surface area (Å²) in [4.78, 5) is 0. The minimum absolute atomic E-state index is 0.0638. The molecule has 0 saturated heterocycles. The van der Waals surface area contributed by atoms with Crippen LogP contribution < -0.4 is 0 Å². The molecular formula is C41H27N. The lowest BCUT2D eigenvalue weighted by Gasteiger charge is -2.23. The zero-order valence-corrected chi connectivity index (χ0v) is 23.6. The van der Waals surface area contributed by atoms with Gasteiger partial charge in [-0.3, -0.25) is 0 Å². The van der Waals surface area contributed by atoms with E-state index in [4.69, 9.17) is 0 Å². The summed E-state index contributed by atoms with van der Waals surface area (Å²) in [5, 5.41) is 13.5. The van der Waals surface area contributed by atoms with Gasteiger partial charge in [0.1, 0.15) is 0 Å². The Hall–Kier alpha value is -5.14. The molecule has 1 nitrogen and oxygen atoms in total. The zero-order chi connectivity index (χ0) is 27.7. The van der Waals surface area contributed by atoms with E-state index in [-0.39, 0.29) is 5.41 Å². The predicted octanol–water partition coefficient (Wildman–Crippen LogP) is 11.1. The van der Waals surface area contributed by atoms with Crippen LogP contribution >= 0.6 is 0 Å². The number of fused-ring (bicyclic) bond motifs is 10. The van der Waals surface area contributed by atoms with Crippen LogP contribution in [-0.2, 0) is 5.41 Å². The van der Waals surface area contributed by atoms with Crippen molar-refractivity contribution in [2.45, 2.75) is 19.3 Å². The van der Waals surface area contributed by atoms with Gasteiger partial charge >= 0.3 is 0 Å². The molecule has 1 heteroatoms. The third-order valence-electron chi connectivity index (χ3n) is 10.1. The fourth-order valence-electron chi connectivity index (χ4n) is 8.33. The molecule has 0 spiro atoms. The smallest absolute Gasteiger partial charge is 0.0553 e. The molecular weight excluding hydrogens is 506 g/mol. The zero-order valence-electron chi connectivity index (χ0n) is 23.6. The molecule has 0 amide bonds. The van der Waals surface area contributed by atoms with Crippen LogP contribution in [0.2, 0.25) is 0 Å². The number of nitrogens with zero attached hydrogens (tertiary/aromatic N) is 1. The summed E-state index contributed by atoms with van der Waals surface area (Å²) in [5.74, 6) is 0. The Bertz CT molecular complexity index is 2580. The molecule has 1 aliphatic carbocycles. The van der Waals surface area contributed by atoms with E-state index in [1.165, 1.54) is 92.8 Å². The summed E-state index contributed by atoms with van der Waals surface area (Å²) in [6.45, 7) is 4.78. The highest BCUT2D eigenvalue weighted by Gasteiger charge is 2.37. The average molecular weight is 534 g/mol.